The molecule has 1 saturated heterocycles. The van der Waals surface area contributed by atoms with Crippen molar-refractivity contribution in [2.45, 2.75) is 49.5 Å². The number of rotatable bonds is 6. The molecule has 1 N–H and O–H groups in total. The highest BCUT2D eigenvalue weighted by Crippen LogP contribution is 2.47. The van der Waals surface area contributed by atoms with Crippen molar-refractivity contribution in [1.82, 2.24) is 0 Å². The zero-order valence-electron chi connectivity index (χ0n) is 13.8. The van der Waals surface area contributed by atoms with Crippen molar-refractivity contribution >= 4 is 5.69 Å². The van der Waals surface area contributed by atoms with Gasteiger partial charge in [-0.25, -0.2) is 0 Å². The molecule has 2 atom stereocenters. The average Bonchev–Trinajstić information content (AvgIpc) is 2.99. The minimum absolute atomic E-state index is 0.105. The first-order chi connectivity index (χ1) is 11.6. The Kier molecular flexibility index (Phi) is 4.94. The van der Waals surface area contributed by atoms with Crippen LogP contribution in [0.25, 0.3) is 10.4 Å². The minimum Gasteiger partial charge on any atom is -0.393 e. The van der Waals surface area contributed by atoms with Crippen LogP contribution in [0.1, 0.15) is 37.4 Å². The van der Waals surface area contributed by atoms with Crippen molar-refractivity contribution in [2.24, 2.45) is 5.11 Å². The Morgan fingerprint density at radius 3 is 2.71 bits per heavy atom. The molecule has 7 heteroatoms. The van der Waals surface area contributed by atoms with Gasteiger partial charge in [-0.2, -0.15) is 0 Å². The van der Waals surface area contributed by atoms with Crippen LogP contribution in [0.5, 0.6) is 0 Å². The molecule has 24 heavy (non-hydrogen) atoms. The predicted molar refractivity (Wildman–Crippen MR) is 89.7 cm³/mol. The molecule has 1 aromatic carbocycles. The zero-order chi connectivity index (χ0) is 17.2. The third-order valence-corrected chi connectivity index (χ3v) is 5.32. The molecule has 0 amide bonds. The van der Waals surface area contributed by atoms with E-state index in [0.717, 1.165) is 43.5 Å². The molecule has 2 aliphatic rings. The van der Waals surface area contributed by atoms with E-state index < -0.39 is 18.8 Å². The van der Waals surface area contributed by atoms with Crippen LogP contribution in [0.2, 0.25) is 0 Å². The van der Waals surface area contributed by atoms with E-state index in [1.54, 1.807) is 0 Å². The van der Waals surface area contributed by atoms with Gasteiger partial charge in [0.05, 0.1) is 18.2 Å². The van der Waals surface area contributed by atoms with Gasteiger partial charge in [0.2, 0.25) is 0 Å². The molecule has 1 heterocycles. The molecule has 2 fully saturated rings. The first-order valence-electron chi connectivity index (χ1n) is 8.32. The number of benzene rings is 1. The van der Waals surface area contributed by atoms with Gasteiger partial charge in [0.15, 0.2) is 0 Å². The Hall–Kier alpha value is -1.82. The molecule has 0 bridgehead atoms. The third kappa shape index (κ3) is 2.95. The third-order valence-electron chi connectivity index (χ3n) is 5.32. The van der Waals surface area contributed by atoms with E-state index in [-0.39, 0.29) is 11.6 Å². The SMILES string of the molecule is CO[C@H](c1ccc(N2CCCC23CC(O)C3)cc1)[C@@H](CF)N=[N+]=[N-]. The number of nitrogens with zero attached hydrogens (tertiary/aromatic N) is 4. The molecular weight excluding hydrogens is 311 g/mol. The summed E-state index contributed by atoms with van der Waals surface area (Å²) >= 11 is 0. The summed E-state index contributed by atoms with van der Waals surface area (Å²) in [5, 5.41) is 13.2. The van der Waals surface area contributed by atoms with Crippen LogP contribution in [0, 0.1) is 0 Å². The van der Waals surface area contributed by atoms with Crippen molar-refractivity contribution in [3.8, 4) is 0 Å². The normalized spacial score (nSPS) is 28.3. The van der Waals surface area contributed by atoms with Crippen LogP contribution >= 0.6 is 0 Å². The van der Waals surface area contributed by atoms with E-state index in [4.69, 9.17) is 10.3 Å². The number of aliphatic hydroxyl groups excluding tert-OH is 1. The second-order valence-corrected chi connectivity index (χ2v) is 6.72. The van der Waals surface area contributed by atoms with Gasteiger partial charge in [-0.3, -0.25) is 4.39 Å². The largest absolute Gasteiger partial charge is 0.393 e. The predicted octanol–water partition coefficient (Wildman–Crippen LogP) is 3.52. The summed E-state index contributed by atoms with van der Waals surface area (Å²) in [5.41, 5.74) is 10.6. The Balaban J connectivity index is 1.79. The van der Waals surface area contributed by atoms with Crippen LogP contribution in [-0.2, 0) is 4.74 Å². The highest BCUT2D eigenvalue weighted by atomic mass is 19.1. The lowest BCUT2D eigenvalue weighted by molar-refractivity contribution is 0.0251. The molecule has 1 spiro atoms. The summed E-state index contributed by atoms with van der Waals surface area (Å²) in [6.07, 6.45) is 3.13. The summed E-state index contributed by atoms with van der Waals surface area (Å²) in [5.74, 6) is 0. The van der Waals surface area contributed by atoms with E-state index in [1.165, 1.54) is 7.11 Å². The van der Waals surface area contributed by atoms with Crippen molar-refractivity contribution in [3.63, 3.8) is 0 Å². The van der Waals surface area contributed by atoms with Gasteiger partial charge in [0.1, 0.15) is 6.67 Å². The molecule has 3 rings (SSSR count). The number of aliphatic hydroxyl groups is 1. The Morgan fingerprint density at radius 2 is 2.17 bits per heavy atom. The molecule has 0 unspecified atom stereocenters. The number of hydrogen-bond donors (Lipinski definition) is 1. The van der Waals surface area contributed by atoms with E-state index in [1.807, 2.05) is 24.3 Å². The van der Waals surface area contributed by atoms with Gasteiger partial charge >= 0.3 is 0 Å². The Labute approximate surface area is 140 Å². The second-order valence-electron chi connectivity index (χ2n) is 6.72. The van der Waals surface area contributed by atoms with E-state index in [2.05, 4.69) is 14.9 Å². The first-order valence-corrected chi connectivity index (χ1v) is 8.32. The van der Waals surface area contributed by atoms with Crippen molar-refractivity contribution in [1.29, 1.82) is 0 Å². The Bertz CT molecular complexity index is 612. The van der Waals surface area contributed by atoms with Crippen LogP contribution in [0.4, 0.5) is 10.1 Å². The molecule has 1 aliphatic carbocycles. The van der Waals surface area contributed by atoms with Gasteiger partial charge in [-0.05, 0) is 48.9 Å². The fraction of sp³-hybridized carbons (Fsp3) is 0.647. The monoisotopic (exact) mass is 334 g/mol. The lowest BCUT2D eigenvalue weighted by Crippen LogP contribution is -2.56. The van der Waals surface area contributed by atoms with Crippen LogP contribution in [0.15, 0.2) is 29.4 Å². The summed E-state index contributed by atoms with van der Waals surface area (Å²) in [6.45, 7) is 0.225. The molecule has 1 aromatic rings. The van der Waals surface area contributed by atoms with Gasteiger partial charge in [-0.1, -0.05) is 17.2 Å². The maximum atomic E-state index is 13.1. The number of hydrogen-bond acceptors (Lipinski definition) is 4. The quantitative estimate of drug-likeness (QED) is 0.491. The summed E-state index contributed by atoms with van der Waals surface area (Å²) in [4.78, 5) is 5.08. The average molecular weight is 334 g/mol. The van der Waals surface area contributed by atoms with Gasteiger partial charge in [0.25, 0.3) is 0 Å². The lowest BCUT2D eigenvalue weighted by atomic mass is 9.72. The molecular formula is C17H23FN4O2. The number of alkyl halides is 1. The van der Waals surface area contributed by atoms with Gasteiger partial charge in [0, 0.05) is 29.8 Å². The summed E-state index contributed by atoms with van der Waals surface area (Å²) in [6, 6.07) is 6.95. The molecule has 6 nitrogen and oxygen atoms in total. The number of anilines is 1. The van der Waals surface area contributed by atoms with Crippen molar-refractivity contribution in [2.75, 3.05) is 25.2 Å². The maximum Gasteiger partial charge on any atom is 0.101 e. The van der Waals surface area contributed by atoms with E-state index in [0.29, 0.717) is 0 Å². The summed E-state index contributed by atoms with van der Waals surface area (Å²) < 4.78 is 18.5. The van der Waals surface area contributed by atoms with E-state index in [9.17, 15) is 9.50 Å². The topological polar surface area (TPSA) is 81.5 Å². The number of ether oxygens (including phenoxy) is 1. The van der Waals surface area contributed by atoms with Crippen LogP contribution < -0.4 is 4.90 Å². The maximum absolute atomic E-state index is 13.1. The van der Waals surface area contributed by atoms with E-state index >= 15 is 0 Å². The summed E-state index contributed by atoms with van der Waals surface area (Å²) in [7, 11) is 1.49. The standard InChI is InChI=1S/C17H23FN4O2/c1-24-16(15(11-18)20-21-19)12-3-5-13(6-4-12)22-8-2-7-17(22)9-14(23)10-17/h3-6,14-16,23H,2,7-11H2,1H3/t14?,15-,16-,17?/m1/s1. The minimum atomic E-state index is -0.870. The van der Waals surface area contributed by atoms with Crippen LogP contribution in [-0.4, -0.2) is 43.1 Å². The van der Waals surface area contributed by atoms with Crippen molar-refractivity contribution in [3.05, 3.63) is 40.3 Å². The highest BCUT2D eigenvalue weighted by Gasteiger charge is 2.50. The lowest BCUT2D eigenvalue weighted by Gasteiger charge is -2.50. The number of methoxy groups -OCH3 is 1. The molecule has 130 valence electrons. The molecule has 0 radical (unpaired) electrons. The van der Waals surface area contributed by atoms with Crippen molar-refractivity contribution < 1.29 is 14.2 Å². The number of azide groups is 1. The fourth-order valence-electron chi connectivity index (χ4n) is 4.18. The Morgan fingerprint density at radius 1 is 1.46 bits per heavy atom. The molecule has 0 aromatic heterocycles. The smallest absolute Gasteiger partial charge is 0.101 e. The number of halogens is 1. The fourth-order valence-corrected chi connectivity index (χ4v) is 4.18. The molecule has 1 saturated carbocycles. The van der Waals surface area contributed by atoms with Gasteiger partial charge in [-0.15, -0.1) is 0 Å². The van der Waals surface area contributed by atoms with Crippen LogP contribution in [0.3, 0.4) is 0 Å². The zero-order valence-corrected chi connectivity index (χ0v) is 13.8. The first kappa shape index (κ1) is 17.0. The highest BCUT2D eigenvalue weighted by molar-refractivity contribution is 5.53. The second kappa shape index (κ2) is 6.97. The molecule has 1 aliphatic heterocycles. The van der Waals surface area contributed by atoms with Gasteiger partial charge < -0.3 is 14.7 Å².